The Morgan fingerprint density at radius 3 is 1.81 bits per heavy atom. The van der Waals surface area contributed by atoms with Gasteiger partial charge < -0.3 is 10.1 Å². The molecule has 0 aromatic carbocycles. The largest absolute Gasteiger partial charge is 0.466 e. The van der Waals surface area contributed by atoms with E-state index in [1.165, 1.54) is 83.5 Å². The maximum absolute atomic E-state index is 11.8. The highest BCUT2D eigenvalue weighted by atomic mass is 16.9. The van der Waals surface area contributed by atoms with E-state index in [-0.39, 0.29) is 25.0 Å². The highest BCUT2D eigenvalue weighted by Gasteiger charge is 2.07. The van der Waals surface area contributed by atoms with E-state index < -0.39 is 0 Å². The summed E-state index contributed by atoms with van der Waals surface area (Å²) in [6.07, 6.45) is 20.2. The fraction of sp³-hybridized carbons (Fsp3) is 0.958. The third kappa shape index (κ3) is 25.5. The number of hydrogen-bond donors (Lipinski definition) is 2. The van der Waals surface area contributed by atoms with E-state index in [0.717, 1.165) is 19.4 Å². The van der Waals surface area contributed by atoms with E-state index in [9.17, 15) is 4.79 Å². The van der Waals surface area contributed by atoms with E-state index >= 15 is 0 Å². The van der Waals surface area contributed by atoms with Gasteiger partial charge in [-0.2, -0.15) is 0 Å². The van der Waals surface area contributed by atoms with Crippen LogP contribution in [0.1, 0.15) is 110 Å². The standard InChI is InChI=1S/C24H49BN2O4/c1-3-4-5-6-7-8-9-10-11-12-13-14-15-16-17-18-24(28)29-21-23(25)22-31-27-30-20-19-26-2/h23,26-27H,3-22H2,1-2H3. The molecule has 0 rings (SSSR count). The number of rotatable bonds is 25. The fourth-order valence-electron chi connectivity index (χ4n) is 3.34. The molecular weight excluding hydrogens is 391 g/mol. The normalized spacial score (nSPS) is 12.2. The second-order valence-corrected chi connectivity index (χ2v) is 8.49. The summed E-state index contributed by atoms with van der Waals surface area (Å²) in [6, 6.07) is 0. The minimum atomic E-state index is -0.370. The zero-order chi connectivity index (χ0) is 22.8. The first-order valence-corrected chi connectivity index (χ1v) is 12.7. The fourth-order valence-corrected chi connectivity index (χ4v) is 3.34. The lowest BCUT2D eigenvalue weighted by Gasteiger charge is -2.13. The van der Waals surface area contributed by atoms with Crippen molar-refractivity contribution in [1.29, 1.82) is 0 Å². The van der Waals surface area contributed by atoms with Crippen molar-refractivity contribution in [2.45, 2.75) is 115 Å². The molecule has 0 aliphatic carbocycles. The number of hydrogen-bond acceptors (Lipinski definition) is 6. The molecule has 0 aliphatic rings. The minimum absolute atomic E-state index is 0.162. The molecule has 2 radical (unpaired) electrons. The number of unbranched alkanes of at least 4 members (excludes halogenated alkanes) is 14. The number of esters is 1. The van der Waals surface area contributed by atoms with Gasteiger partial charge in [0, 0.05) is 13.0 Å². The summed E-state index contributed by atoms with van der Waals surface area (Å²) in [5.74, 6) is -0.547. The molecule has 2 N–H and O–H groups in total. The van der Waals surface area contributed by atoms with Gasteiger partial charge in [-0.25, -0.2) is 0 Å². The Balaban J connectivity index is 3.25. The number of nitrogens with one attached hydrogen (secondary N) is 2. The Labute approximate surface area is 193 Å². The van der Waals surface area contributed by atoms with Crippen molar-refractivity contribution in [1.82, 2.24) is 11.0 Å². The van der Waals surface area contributed by atoms with Crippen LogP contribution in [0, 0.1) is 0 Å². The maximum Gasteiger partial charge on any atom is 0.305 e. The number of carbonyl (C=O) groups excluding carboxylic acids is 1. The SMILES string of the molecule is [B]C(CONOCCNC)COC(=O)CCCCCCCCCCCCCCCCC. The zero-order valence-corrected chi connectivity index (χ0v) is 20.4. The van der Waals surface area contributed by atoms with Crippen molar-refractivity contribution in [3.8, 4) is 0 Å². The summed E-state index contributed by atoms with van der Waals surface area (Å²) in [5, 5.41) is 2.95. The topological polar surface area (TPSA) is 68.8 Å². The van der Waals surface area contributed by atoms with Crippen LogP contribution in [0.2, 0.25) is 5.82 Å². The van der Waals surface area contributed by atoms with Crippen molar-refractivity contribution in [2.24, 2.45) is 0 Å². The van der Waals surface area contributed by atoms with Crippen LogP contribution < -0.4 is 11.0 Å². The number of ether oxygens (including phenoxy) is 1. The molecule has 31 heavy (non-hydrogen) atoms. The van der Waals surface area contributed by atoms with Crippen LogP contribution in [0.3, 0.4) is 0 Å². The van der Waals surface area contributed by atoms with Gasteiger partial charge in [0.05, 0.1) is 27.7 Å². The van der Waals surface area contributed by atoms with Gasteiger partial charge in [0.25, 0.3) is 0 Å². The number of likely N-dealkylation sites (N-methyl/N-ethyl adjacent to an activating group) is 1. The van der Waals surface area contributed by atoms with Crippen molar-refractivity contribution >= 4 is 13.8 Å². The lowest BCUT2D eigenvalue weighted by molar-refractivity contribution is -0.171. The molecule has 0 bridgehead atoms. The summed E-state index contributed by atoms with van der Waals surface area (Å²) >= 11 is 0. The van der Waals surface area contributed by atoms with Gasteiger partial charge in [-0.15, -0.1) is 0 Å². The molecule has 0 saturated heterocycles. The van der Waals surface area contributed by atoms with E-state index in [4.69, 9.17) is 22.3 Å². The molecule has 1 atom stereocenters. The zero-order valence-electron chi connectivity index (χ0n) is 20.4. The highest BCUT2D eigenvalue weighted by molar-refractivity contribution is 6.11. The van der Waals surface area contributed by atoms with Crippen LogP contribution in [-0.2, 0) is 19.2 Å². The predicted octanol–water partition coefficient (Wildman–Crippen LogP) is 5.42. The van der Waals surface area contributed by atoms with E-state index in [1.54, 1.807) is 0 Å². The van der Waals surface area contributed by atoms with Crippen LogP contribution >= 0.6 is 0 Å². The monoisotopic (exact) mass is 440 g/mol. The van der Waals surface area contributed by atoms with E-state index in [1.807, 2.05) is 7.05 Å². The molecule has 0 aliphatic heterocycles. The third-order valence-corrected chi connectivity index (χ3v) is 5.31. The Bertz CT molecular complexity index is 375. The molecule has 182 valence electrons. The molecule has 0 saturated carbocycles. The summed E-state index contributed by atoms with van der Waals surface area (Å²) in [5.41, 5.74) is 2.36. The third-order valence-electron chi connectivity index (χ3n) is 5.31. The lowest BCUT2D eigenvalue weighted by atomic mass is 9.89. The van der Waals surface area contributed by atoms with Crippen LogP contribution in [-0.4, -0.2) is 47.2 Å². The maximum atomic E-state index is 11.8. The first kappa shape index (κ1) is 30.4. The van der Waals surface area contributed by atoms with Gasteiger partial charge in [-0.3, -0.25) is 14.5 Å². The van der Waals surface area contributed by atoms with Crippen LogP contribution in [0.25, 0.3) is 0 Å². The Hall–Kier alpha value is -0.625. The first-order valence-electron chi connectivity index (χ1n) is 12.7. The molecule has 0 aromatic rings. The van der Waals surface area contributed by atoms with Gasteiger partial charge in [0.15, 0.2) is 0 Å². The van der Waals surface area contributed by atoms with E-state index in [0.29, 0.717) is 13.0 Å². The van der Waals surface area contributed by atoms with Gasteiger partial charge in [-0.05, 0) is 19.3 Å². The molecule has 6 nitrogen and oxygen atoms in total. The summed E-state index contributed by atoms with van der Waals surface area (Å²) in [6.45, 7) is 3.86. The van der Waals surface area contributed by atoms with Crippen molar-refractivity contribution in [3.63, 3.8) is 0 Å². The number of carbonyl (C=O) groups is 1. The van der Waals surface area contributed by atoms with Crippen LogP contribution in [0.4, 0.5) is 0 Å². The minimum Gasteiger partial charge on any atom is -0.466 e. The summed E-state index contributed by atoms with van der Waals surface area (Å²) in [4.78, 5) is 21.8. The Kier molecular flexibility index (Phi) is 25.1. The molecule has 0 aromatic heterocycles. The Morgan fingerprint density at radius 1 is 0.774 bits per heavy atom. The smallest absolute Gasteiger partial charge is 0.305 e. The van der Waals surface area contributed by atoms with Crippen molar-refractivity contribution in [2.75, 3.05) is 33.4 Å². The van der Waals surface area contributed by atoms with Crippen LogP contribution in [0.15, 0.2) is 0 Å². The second-order valence-electron chi connectivity index (χ2n) is 8.49. The Morgan fingerprint density at radius 2 is 1.29 bits per heavy atom. The lowest BCUT2D eigenvalue weighted by Crippen LogP contribution is -2.24. The van der Waals surface area contributed by atoms with Gasteiger partial charge in [0.2, 0.25) is 0 Å². The average molecular weight is 440 g/mol. The molecule has 1 unspecified atom stereocenters. The quantitative estimate of drug-likeness (QED) is 0.0855. The van der Waals surface area contributed by atoms with Crippen LogP contribution in [0.5, 0.6) is 0 Å². The average Bonchev–Trinajstić information content (AvgIpc) is 2.77. The molecule has 0 heterocycles. The summed E-state index contributed by atoms with van der Waals surface area (Å²) in [7, 11) is 7.68. The highest BCUT2D eigenvalue weighted by Crippen LogP contribution is 2.14. The van der Waals surface area contributed by atoms with Gasteiger partial charge in [0.1, 0.15) is 0 Å². The van der Waals surface area contributed by atoms with Gasteiger partial charge in [-0.1, -0.05) is 102 Å². The molecule has 0 spiro atoms. The molecule has 0 fully saturated rings. The first-order chi connectivity index (χ1) is 15.2. The van der Waals surface area contributed by atoms with Gasteiger partial charge >= 0.3 is 5.97 Å². The van der Waals surface area contributed by atoms with Crippen molar-refractivity contribution < 1.29 is 19.2 Å². The van der Waals surface area contributed by atoms with Crippen molar-refractivity contribution in [3.05, 3.63) is 0 Å². The molecular formula is C24H49BN2O4. The second kappa shape index (κ2) is 25.6. The molecule has 0 amide bonds. The molecule has 7 heteroatoms. The van der Waals surface area contributed by atoms with E-state index in [2.05, 4.69) is 17.9 Å². The predicted molar refractivity (Wildman–Crippen MR) is 129 cm³/mol. The summed E-state index contributed by atoms with van der Waals surface area (Å²) < 4.78 is 5.20.